The average molecular weight is 321 g/mol. The first kappa shape index (κ1) is 13.7. The summed E-state index contributed by atoms with van der Waals surface area (Å²) in [4.78, 5) is 4.17. The van der Waals surface area contributed by atoms with Gasteiger partial charge in [-0.25, -0.2) is 8.42 Å². The predicted octanol–water partition coefficient (Wildman–Crippen LogP) is 2.26. The third kappa shape index (κ3) is 2.65. The molecule has 0 bridgehead atoms. The lowest BCUT2D eigenvalue weighted by atomic mass is 10.3. The second kappa shape index (κ2) is 5.27. The highest BCUT2D eigenvalue weighted by Crippen LogP contribution is 2.25. The van der Waals surface area contributed by atoms with Gasteiger partial charge >= 0.3 is 0 Å². The van der Waals surface area contributed by atoms with Crippen molar-refractivity contribution in [3.8, 4) is 17.2 Å². The van der Waals surface area contributed by atoms with Gasteiger partial charge in [-0.2, -0.15) is 0 Å². The first-order chi connectivity index (χ1) is 10.1. The van der Waals surface area contributed by atoms with Gasteiger partial charge in [-0.3, -0.25) is 9.55 Å². The summed E-state index contributed by atoms with van der Waals surface area (Å²) < 4.78 is 24.8. The number of aromatic nitrogens is 4. The van der Waals surface area contributed by atoms with Crippen LogP contribution in [0.2, 0.25) is 0 Å². The van der Waals surface area contributed by atoms with Crippen molar-refractivity contribution in [1.82, 2.24) is 19.7 Å². The Labute approximate surface area is 125 Å². The predicted molar refractivity (Wildman–Crippen MR) is 77.6 cm³/mol. The number of halogens is 1. The molecule has 21 heavy (non-hydrogen) atoms. The third-order valence-corrected chi connectivity index (χ3v) is 3.87. The van der Waals surface area contributed by atoms with Gasteiger partial charge < -0.3 is 0 Å². The summed E-state index contributed by atoms with van der Waals surface area (Å²) in [6.07, 6.45) is 1.59. The Kier molecular flexibility index (Phi) is 3.44. The van der Waals surface area contributed by atoms with Gasteiger partial charge in [0, 0.05) is 16.9 Å². The van der Waals surface area contributed by atoms with Crippen molar-refractivity contribution >= 4 is 19.7 Å². The SMILES string of the molecule is O=S(=O)(Cl)c1nnc(-c2ccccn2)n1-c1ccccc1. The minimum Gasteiger partial charge on any atom is -0.264 e. The minimum absolute atomic E-state index is 0.307. The molecule has 0 radical (unpaired) electrons. The van der Waals surface area contributed by atoms with E-state index in [2.05, 4.69) is 15.2 Å². The highest BCUT2D eigenvalue weighted by atomic mass is 35.7. The zero-order valence-corrected chi connectivity index (χ0v) is 12.2. The molecule has 3 aromatic rings. The van der Waals surface area contributed by atoms with Crippen LogP contribution in [0.25, 0.3) is 17.2 Å². The average Bonchev–Trinajstić information content (AvgIpc) is 2.94. The van der Waals surface area contributed by atoms with Crippen molar-refractivity contribution in [1.29, 1.82) is 0 Å². The standard InChI is InChI=1S/C13H9ClN4O2S/c14-21(19,20)13-17-16-12(11-8-4-5-9-15-11)18(13)10-6-2-1-3-7-10/h1-9H. The van der Waals surface area contributed by atoms with Crippen molar-refractivity contribution < 1.29 is 8.42 Å². The molecule has 2 heterocycles. The Bertz CT molecular complexity index is 864. The molecule has 0 aliphatic heterocycles. The molecule has 0 spiro atoms. The maximum Gasteiger partial charge on any atom is 0.297 e. The number of nitrogens with zero attached hydrogens (tertiary/aromatic N) is 4. The van der Waals surface area contributed by atoms with E-state index in [0.29, 0.717) is 17.2 Å². The molecule has 1 aromatic carbocycles. The molecule has 0 saturated heterocycles. The van der Waals surface area contributed by atoms with Crippen LogP contribution in [0.4, 0.5) is 0 Å². The highest BCUT2D eigenvalue weighted by molar-refractivity contribution is 8.13. The summed E-state index contributed by atoms with van der Waals surface area (Å²) in [6.45, 7) is 0. The van der Waals surface area contributed by atoms with E-state index < -0.39 is 9.05 Å². The van der Waals surface area contributed by atoms with E-state index in [4.69, 9.17) is 10.7 Å². The van der Waals surface area contributed by atoms with Crippen LogP contribution in [0.15, 0.2) is 59.9 Å². The summed E-state index contributed by atoms with van der Waals surface area (Å²) in [5, 5.41) is 7.27. The van der Waals surface area contributed by atoms with Crippen molar-refractivity contribution in [2.75, 3.05) is 0 Å². The van der Waals surface area contributed by atoms with Crippen LogP contribution >= 0.6 is 10.7 Å². The van der Waals surface area contributed by atoms with Gasteiger partial charge in [0.1, 0.15) is 5.69 Å². The van der Waals surface area contributed by atoms with Crippen molar-refractivity contribution in [3.63, 3.8) is 0 Å². The molecule has 0 fully saturated rings. The molecule has 3 rings (SSSR count). The van der Waals surface area contributed by atoms with Gasteiger partial charge in [0.15, 0.2) is 5.82 Å². The normalized spacial score (nSPS) is 11.5. The Morgan fingerprint density at radius 3 is 2.29 bits per heavy atom. The lowest BCUT2D eigenvalue weighted by Gasteiger charge is -2.08. The Morgan fingerprint density at radius 1 is 0.952 bits per heavy atom. The van der Waals surface area contributed by atoms with Gasteiger partial charge in [-0.1, -0.05) is 24.3 Å². The smallest absolute Gasteiger partial charge is 0.264 e. The Balaban J connectivity index is 2.31. The van der Waals surface area contributed by atoms with Crippen molar-refractivity contribution in [3.05, 3.63) is 54.7 Å². The molecule has 8 heteroatoms. The van der Waals surface area contributed by atoms with Crippen LogP contribution in [-0.2, 0) is 9.05 Å². The summed E-state index contributed by atoms with van der Waals surface area (Å²) in [7, 11) is 1.41. The summed E-state index contributed by atoms with van der Waals surface area (Å²) >= 11 is 0. The van der Waals surface area contributed by atoms with Crippen LogP contribution in [0.5, 0.6) is 0 Å². The fourth-order valence-corrected chi connectivity index (χ4v) is 2.75. The van der Waals surface area contributed by atoms with E-state index in [1.165, 1.54) is 4.57 Å². The number of hydrogen-bond acceptors (Lipinski definition) is 5. The van der Waals surface area contributed by atoms with Crippen molar-refractivity contribution in [2.45, 2.75) is 5.16 Å². The van der Waals surface area contributed by atoms with E-state index in [1.807, 2.05) is 6.07 Å². The van der Waals surface area contributed by atoms with Gasteiger partial charge in [0.25, 0.3) is 14.2 Å². The number of hydrogen-bond donors (Lipinski definition) is 0. The van der Waals surface area contributed by atoms with Gasteiger partial charge in [0.2, 0.25) is 0 Å². The largest absolute Gasteiger partial charge is 0.297 e. The lowest BCUT2D eigenvalue weighted by molar-refractivity contribution is 0.597. The second-order valence-electron chi connectivity index (χ2n) is 4.13. The van der Waals surface area contributed by atoms with Crippen LogP contribution in [0.1, 0.15) is 0 Å². The second-order valence-corrected chi connectivity index (χ2v) is 6.59. The van der Waals surface area contributed by atoms with Gasteiger partial charge in [0.05, 0.1) is 5.69 Å². The molecular weight excluding hydrogens is 312 g/mol. The quantitative estimate of drug-likeness (QED) is 0.692. The van der Waals surface area contributed by atoms with Gasteiger partial charge in [-0.05, 0) is 24.3 Å². The molecule has 0 saturated carbocycles. The molecule has 0 unspecified atom stereocenters. The monoisotopic (exact) mass is 320 g/mol. The minimum atomic E-state index is -4.03. The zero-order valence-electron chi connectivity index (χ0n) is 10.6. The van der Waals surface area contributed by atoms with E-state index in [-0.39, 0.29) is 5.16 Å². The molecule has 0 atom stereocenters. The molecule has 0 aliphatic rings. The van der Waals surface area contributed by atoms with Crippen LogP contribution in [0.3, 0.4) is 0 Å². The molecule has 6 nitrogen and oxygen atoms in total. The first-order valence-electron chi connectivity index (χ1n) is 5.94. The fraction of sp³-hybridized carbons (Fsp3) is 0. The number of benzene rings is 1. The van der Waals surface area contributed by atoms with E-state index >= 15 is 0 Å². The lowest BCUT2D eigenvalue weighted by Crippen LogP contribution is -2.06. The molecule has 0 N–H and O–H groups in total. The zero-order chi connectivity index (χ0) is 14.9. The molecule has 0 amide bonds. The van der Waals surface area contributed by atoms with E-state index in [0.717, 1.165) is 0 Å². The third-order valence-electron chi connectivity index (χ3n) is 2.76. The number of pyridine rings is 1. The van der Waals surface area contributed by atoms with Crippen molar-refractivity contribution in [2.24, 2.45) is 0 Å². The highest BCUT2D eigenvalue weighted by Gasteiger charge is 2.24. The summed E-state index contributed by atoms with van der Waals surface area (Å²) in [5.74, 6) is 0.307. The molecule has 106 valence electrons. The summed E-state index contributed by atoms with van der Waals surface area (Å²) in [5.41, 5.74) is 1.09. The van der Waals surface area contributed by atoms with E-state index in [1.54, 1.807) is 48.7 Å². The summed E-state index contributed by atoms with van der Waals surface area (Å²) in [6, 6.07) is 14.1. The first-order valence-corrected chi connectivity index (χ1v) is 8.25. The maximum absolute atomic E-state index is 11.7. The Hall–Kier alpha value is -2.25. The maximum atomic E-state index is 11.7. The van der Waals surface area contributed by atoms with E-state index in [9.17, 15) is 8.42 Å². The molecule has 2 aromatic heterocycles. The van der Waals surface area contributed by atoms with Crippen LogP contribution in [0, 0.1) is 0 Å². The van der Waals surface area contributed by atoms with Crippen LogP contribution in [-0.4, -0.2) is 28.2 Å². The van der Waals surface area contributed by atoms with Crippen LogP contribution < -0.4 is 0 Å². The molecule has 0 aliphatic carbocycles. The topological polar surface area (TPSA) is 77.7 Å². The molecular formula is C13H9ClN4O2S. The number of rotatable bonds is 3. The van der Waals surface area contributed by atoms with Gasteiger partial charge in [-0.15, -0.1) is 10.2 Å². The number of para-hydroxylation sites is 1. The Morgan fingerprint density at radius 2 is 1.67 bits per heavy atom. The fourth-order valence-electron chi connectivity index (χ4n) is 1.90.